The van der Waals surface area contributed by atoms with E-state index in [9.17, 15) is 0 Å². The topological polar surface area (TPSA) is 30.9 Å². The van der Waals surface area contributed by atoms with E-state index >= 15 is 0 Å². The molecule has 1 heterocycles. The molecule has 0 bridgehead atoms. The Kier molecular flexibility index (Phi) is 6.91. The predicted molar refractivity (Wildman–Crippen MR) is 162 cm³/mol. The van der Waals surface area contributed by atoms with Gasteiger partial charge in [-0.2, -0.15) is 0 Å². The molecule has 0 aliphatic rings. The molecule has 0 fully saturated rings. The van der Waals surface area contributed by atoms with Gasteiger partial charge >= 0.3 is 0 Å². The van der Waals surface area contributed by atoms with E-state index in [0.717, 1.165) is 28.7 Å². The van der Waals surface area contributed by atoms with Gasteiger partial charge in [0, 0.05) is 17.0 Å². The quantitative estimate of drug-likeness (QED) is 0.231. The summed E-state index contributed by atoms with van der Waals surface area (Å²) in [6.45, 7) is 8.18. The van der Waals surface area contributed by atoms with Crippen LogP contribution >= 0.6 is 0 Å². The lowest BCUT2D eigenvalue weighted by Crippen LogP contribution is -1.99. The summed E-state index contributed by atoms with van der Waals surface area (Å²) in [4.78, 5) is 0. The van der Waals surface area contributed by atoms with Gasteiger partial charge in [0.25, 0.3) is 0 Å². The molecule has 2 nitrogen and oxygen atoms in total. The average Bonchev–Trinajstić information content (AvgIpc) is 3.27. The maximum Gasteiger partial charge on any atom is 0.0616 e. The molecule has 0 radical (unpaired) electrons. The molecule has 5 rings (SSSR count). The second kappa shape index (κ2) is 10.6. The zero-order chi connectivity index (χ0) is 25.8. The highest BCUT2D eigenvalue weighted by molar-refractivity contribution is 6.21. The van der Waals surface area contributed by atoms with E-state index < -0.39 is 0 Å². The Balaban J connectivity index is 1.57. The van der Waals surface area contributed by atoms with Crippen molar-refractivity contribution in [2.45, 2.75) is 20.3 Å². The lowest BCUT2D eigenvalue weighted by Gasteiger charge is -2.11. The molecule has 0 atom stereocenters. The molecular weight excluding hydrogens is 448 g/mol. The van der Waals surface area contributed by atoms with Gasteiger partial charge in [0.05, 0.1) is 16.7 Å². The van der Waals surface area contributed by atoms with E-state index in [1.165, 1.54) is 38.2 Å². The summed E-state index contributed by atoms with van der Waals surface area (Å²) in [7, 11) is 0. The van der Waals surface area contributed by atoms with Crippen LogP contribution < -0.4 is 5.73 Å². The van der Waals surface area contributed by atoms with Crippen molar-refractivity contribution in [3.05, 3.63) is 145 Å². The van der Waals surface area contributed by atoms with Gasteiger partial charge in [-0.3, -0.25) is 0 Å². The van der Waals surface area contributed by atoms with Gasteiger partial charge in [-0.15, -0.1) is 0 Å². The summed E-state index contributed by atoms with van der Waals surface area (Å²) in [6, 6.07) is 30.2. The fraction of sp³-hybridized carbons (Fsp3) is 0.0857. The summed E-state index contributed by atoms with van der Waals surface area (Å²) in [6.07, 6.45) is 12.8. The third kappa shape index (κ3) is 4.66. The van der Waals surface area contributed by atoms with Gasteiger partial charge in [0.1, 0.15) is 0 Å². The highest BCUT2D eigenvalue weighted by atomic mass is 15.0. The van der Waals surface area contributed by atoms with Gasteiger partial charge in [-0.1, -0.05) is 109 Å². The number of hydrogen-bond donors (Lipinski definition) is 1. The number of nitrogens with zero attached hydrogens (tertiary/aromatic N) is 1. The Morgan fingerprint density at radius 3 is 2.46 bits per heavy atom. The molecule has 0 unspecified atom stereocenters. The second-order valence-corrected chi connectivity index (χ2v) is 9.34. The Labute approximate surface area is 219 Å². The summed E-state index contributed by atoms with van der Waals surface area (Å²) in [5, 5.41) is 4.99. The zero-order valence-electron chi connectivity index (χ0n) is 21.5. The predicted octanol–water partition coefficient (Wildman–Crippen LogP) is 9.04. The monoisotopic (exact) mass is 480 g/mol. The second-order valence-electron chi connectivity index (χ2n) is 9.34. The molecule has 2 heteroatoms. The molecule has 0 saturated heterocycles. The van der Waals surface area contributed by atoms with Gasteiger partial charge in [-0.05, 0) is 65.9 Å². The first-order chi connectivity index (χ1) is 18.1. The molecule has 37 heavy (non-hydrogen) atoms. The van der Waals surface area contributed by atoms with Crippen LogP contribution in [0.5, 0.6) is 0 Å². The van der Waals surface area contributed by atoms with Crippen LogP contribution in [-0.2, 0) is 6.42 Å². The molecular formula is C35H32N2. The molecule has 1 aromatic heterocycles. The molecule has 0 saturated carbocycles. The minimum absolute atomic E-state index is 0.833. The first-order valence-corrected chi connectivity index (χ1v) is 12.7. The molecule has 0 aliphatic heterocycles. The van der Waals surface area contributed by atoms with Crippen molar-refractivity contribution in [2.24, 2.45) is 5.73 Å². The molecule has 4 aromatic carbocycles. The minimum atomic E-state index is 0.833. The van der Waals surface area contributed by atoms with Gasteiger partial charge in [0.15, 0.2) is 0 Å². The van der Waals surface area contributed by atoms with E-state index in [-0.39, 0.29) is 0 Å². The Morgan fingerprint density at radius 2 is 1.68 bits per heavy atom. The smallest absolute Gasteiger partial charge is 0.0616 e. The normalized spacial score (nSPS) is 13.3. The zero-order valence-corrected chi connectivity index (χ0v) is 21.5. The molecule has 0 amide bonds. The number of benzene rings is 4. The lowest BCUT2D eigenvalue weighted by atomic mass is 9.99. The van der Waals surface area contributed by atoms with Crippen molar-refractivity contribution < 1.29 is 0 Å². The fourth-order valence-electron chi connectivity index (χ4n) is 5.17. The standard InChI is InChI=1S/C35H32N2/c1-4-6-13-27(5-2)29-15-11-12-26(23-29)21-25(3)22-30(24-36)37-33-18-10-9-17-32(33)35-31-16-8-7-14-28(31)19-20-34(35)37/h4-20,22-24H,2,21,36H2,1,3H3/b6-4-,25-22+,27-13+,30-24+. The number of hydrogen-bond acceptors (Lipinski definition) is 1. The largest absolute Gasteiger partial charge is 0.403 e. The van der Waals surface area contributed by atoms with Crippen molar-refractivity contribution in [1.29, 1.82) is 0 Å². The fourth-order valence-corrected chi connectivity index (χ4v) is 5.17. The van der Waals surface area contributed by atoms with Crippen molar-refractivity contribution in [1.82, 2.24) is 4.57 Å². The van der Waals surface area contributed by atoms with Gasteiger partial charge < -0.3 is 10.3 Å². The van der Waals surface area contributed by atoms with Crippen molar-refractivity contribution >= 4 is 43.8 Å². The molecule has 2 N–H and O–H groups in total. The first kappa shape index (κ1) is 24.1. The summed E-state index contributed by atoms with van der Waals surface area (Å²) < 4.78 is 2.28. The van der Waals surface area contributed by atoms with Crippen LogP contribution in [0.3, 0.4) is 0 Å². The van der Waals surface area contributed by atoms with E-state index in [1.807, 2.05) is 25.2 Å². The third-order valence-electron chi connectivity index (χ3n) is 6.82. The summed E-state index contributed by atoms with van der Waals surface area (Å²) in [5.41, 5.74) is 14.3. The van der Waals surface area contributed by atoms with E-state index in [1.54, 1.807) is 6.20 Å². The van der Waals surface area contributed by atoms with Crippen LogP contribution in [-0.4, -0.2) is 4.57 Å². The molecule has 0 aliphatic carbocycles. The maximum absolute atomic E-state index is 6.28. The van der Waals surface area contributed by atoms with Crippen LogP contribution in [0.2, 0.25) is 0 Å². The van der Waals surface area contributed by atoms with Crippen molar-refractivity contribution in [2.75, 3.05) is 0 Å². The lowest BCUT2D eigenvalue weighted by molar-refractivity contribution is 1.13. The van der Waals surface area contributed by atoms with Crippen LogP contribution in [0.4, 0.5) is 0 Å². The summed E-state index contributed by atoms with van der Waals surface area (Å²) >= 11 is 0. The maximum atomic E-state index is 6.28. The number of aromatic nitrogens is 1. The first-order valence-electron chi connectivity index (χ1n) is 12.7. The van der Waals surface area contributed by atoms with E-state index in [2.05, 4.69) is 115 Å². The van der Waals surface area contributed by atoms with E-state index in [4.69, 9.17) is 5.73 Å². The molecule has 5 aromatic rings. The number of rotatable bonds is 7. The number of nitrogens with two attached hydrogens (primary N) is 1. The Hall–Kier alpha value is -4.56. The van der Waals surface area contributed by atoms with Crippen molar-refractivity contribution in [3.8, 4) is 0 Å². The van der Waals surface area contributed by atoms with Gasteiger partial charge in [0.2, 0.25) is 0 Å². The number of para-hydroxylation sites is 1. The Morgan fingerprint density at radius 1 is 0.892 bits per heavy atom. The third-order valence-corrected chi connectivity index (χ3v) is 6.82. The van der Waals surface area contributed by atoms with Crippen LogP contribution in [0.25, 0.3) is 43.8 Å². The van der Waals surface area contributed by atoms with Crippen molar-refractivity contribution in [3.63, 3.8) is 0 Å². The molecule has 0 spiro atoms. The Bertz CT molecular complexity index is 1740. The minimum Gasteiger partial charge on any atom is -0.403 e. The number of allylic oxidation sites excluding steroid dienone is 8. The van der Waals surface area contributed by atoms with Crippen LogP contribution in [0.15, 0.2) is 134 Å². The number of fused-ring (bicyclic) bond motifs is 5. The average molecular weight is 481 g/mol. The van der Waals surface area contributed by atoms with Crippen LogP contribution in [0.1, 0.15) is 25.0 Å². The van der Waals surface area contributed by atoms with E-state index in [0.29, 0.717) is 0 Å². The highest BCUT2D eigenvalue weighted by Crippen LogP contribution is 2.36. The van der Waals surface area contributed by atoms with Crippen LogP contribution in [0, 0.1) is 0 Å². The van der Waals surface area contributed by atoms with Gasteiger partial charge in [-0.25, -0.2) is 0 Å². The highest BCUT2D eigenvalue weighted by Gasteiger charge is 2.15. The SMILES string of the molecule is C=C/C(=C\C=C/C)c1cccc(C/C(C)=C/C(=C\N)n2c3ccccc3c3c4ccccc4ccc32)c1. The molecule has 182 valence electrons. The summed E-state index contributed by atoms with van der Waals surface area (Å²) in [5.74, 6) is 0.